The molecule has 18 heavy (non-hydrogen) atoms. The van der Waals surface area contributed by atoms with E-state index in [1.165, 1.54) is 16.7 Å². The van der Waals surface area contributed by atoms with Crippen molar-refractivity contribution < 1.29 is 4.79 Å². The summed E-state index contributed by atoms with van der Waals surface area (Å²) in [6.45, 7) is 10.5. The van der Waals surface area contributed by atoms with Crippen LogP contribution in [0.2, 0.25) is 0 Å². The van der Waals surface area contributed by atoms with Gasteiger partial charge >= 0.3 is 0 Å². The van der Waals surface area contributed by atoms with Crippen molar-refractivity contribution in [1.82, 2.24) is 10.6 Å². The Bertz CT molecular complexity index is 393. The molecule has 1 aromatic carbocycles. The zero-order valence-corrected chi connectivity index (χ0v) is 12.0. The molecule has 1 amide bonds. The van der Waals surface area contributed by atoms with Crippen LogP contribution in [0.25, 0.3) is 0 Å². The number of nitrogens with one attached hydrogen (secondary N) is 2. The van der Waals surface area contributed by atoms with Crippen LogP contribution in [0, 0.1) is 13.8 Å². The highest BCUT2D eigenvalue weighted by molar-refractivity contribution is 5.78. The summed E-state index contributed by atoms with van der Waals surface area (Å²) >= 11 is 0. The monoisotopic (exact) mass is 248 g/mol. The minimum absolute atomic E-state index is 0.0428. The summed E-state index contributed by atoms with van der Waals surface area (Å²) in [7, 11) is 0. The lowest BCUT2D eigenvalue weighted by Gasteiger charge is -2.16. The van der Waals surface area contributed by atoms with Crippen molar-refractivity contribution in [3.8, 4) is 0 Å². The normalized spacial score (nSPS) is 12.6. The van der Waals surface area contributed by atoms with E-state index in [1.54, 1.807) is 0 Å². The van der Waals surface area contributed by atoms with Crippen molar-refractivity contribution in [1.29, 1.82) is 0 Å². The second kappa shape index (κ2) is 6.55. The fourth-order valence-electron chi connectivity index (χ4n) is 2.00. The molecule has 1 unspecified atom stereocenters. The van der Waals surface area contributed by atoms with Gasteiger partial charge in [-0.05, 0) is 40.2 Å². The van der Waals surface area contributed by atoms with Gasteiger partial charge in [0, 0.05) is 12.1 Å². The maximum absolute atomic E-state index is 11.5. The first-order chi connectivity index (χ1) is 8.38. The summed E-state index contributed by atoms with van der Waals surface area (Å²) in [5.41, 5.74) is 3.74. The Hall–Kier alpha value is -1.35. The first-order valence-corrected chi connectivity index (χ1v) is 6.49. The third kappa shape index (κ3) is 4.88. The Morgan fingerprint density at radius 3 is 2.17 bits per heavy atom. The molecular weight excluding hydrogens is 224 g/mol. The van der Waals surface area contributed by atoms with Crippen LogP contribution in [-0.4, -0.2) is 18.5 Å². The third-order valence-corrected chi connectivity index (χ3v) is 2.76. The van der Waals surface area contributed by atoms with E-state index < -0.39 is 0 Å². The van der Waals surface area contributed by atoms with E-state index in [4.69, 9.17) is 0 Å². The molecule has 0 aliphatic rings. The van der Waals surface area contributed by atoms with Gasteiger partial charge in [-0.2, -0.15) is 0 Å². The van der Waals surface area contributed by atoms with Gasteiger partial charge in [-0.3, -0.25) is 4.79 Å². The van der Waals surface area contributed by atoms with Crippen molar-refractivity contribution in [2.45, 2.75) is 46.7 Å². The Kier molecular flexibility index (Phi) is 5.35. The number of carbonyl (C=O) groups is 1. The highest BCUT2D eigenvalue weighted by Crippen LogP contribution is 2.16. The second-order valence-corrected chi connectivity index (χ2v) is 5.25. The van der Waals surface area contributed by atoms with Gasteiger partial charge in [0.05, 0.1) is 6.54 Å². The minimum atomic E-state index is 0.0428. The molecule has 0 fully saturated rings. The number of hydrogen-bond acceptors (Lipinski definition) is 2. The minimum Gasteiger partial charge on any atom is -0.353 e. The summed E-state index contributed by atoms with van der Waals surface area (Å²) in [6, 6.07) is 6.84. The zero-order chi connectivity index (χ0) is 13.7. The van der Waals surface area contributed by atoms with E-state index in [2.05, 4.69) is 49.6 Å². The van der Waals surface area contributed by atoms with E-state index in [9.17, 15) is 4.79 Å². The van der Waals surface area contributed by atoms with E-state index in [0.29, 0.717) is 6.54 Å². The van der Waals surface area contributed by atoms with E-state index in [-0.39, 0.29) is 18.0 Å². The number of carbonyl (C=O) groups excluding carboxylic acids is 1. The van der Waals surface area contributed by atoms with Crippen molar-refractivity contribution >= 4 is 5.91 Å². The van der Waals surface area contributed by atoms with Crippen LogP contribution in [0.1, 0.15) is 43.5 Å². The summed E-state index contributed by atoms with van der Waals surface area (Å²) in [4.78, 5) is 11.5. The lowest BCUT2D eigenvalue weighted by atomic mass is 10.0. The van der Waals surface area contributed by atoms with Crippen LogP contribution < -0.4 is 10.6 Å². The summed E-state index contributed by atoms with van der Waals surface area (Å²) in [5.74, 6) is 0.0428. The molecule has 0 radical (unpaired) electrons. The fraction of sp³-hybridized carbons (Fsp3) is 0.533. The maximum Gasteiger partial charge on any atom is 0.234 e. The molecule has 1 rings (SSSR count). The number of rotatable bonds is 5. The standard InChI is InChI=1S/C15H24N2O/c1-10(2)17-15(18)9-16-13(5)14-7-11(3)6-12(4)8-14/h6-8,10,13,16H,9H2,1-5H3,(H,17,18). The molecule has 2 N–H and O–H groups in total. The quantitative estimate of drug-likeness (QED) is 0.840. The van der Waals surface area contributed by atoms with E-state index >= 15 is 0 Å². The number of aryl methyl sites for hydroxylation is 2. The molecule has 0 bridgehead atoms. The fourth-order valence-corrected chi connectivity index (χ4v) is 2.00. The van der Waals surface area contributed by atoms with Crippen molar-refractivity contribution in [3.05, 3.63) is 34.9 Å². The predicted octanol–water partition coefficient (Wildman–Crippen LogP) is 2.48. The second-order valence-electron chi connectivity index (χ2n) is 5.25. The molecule has 1 atom stereocenters. The summed E-state index contributed by atoms with van der Waals surface area (Å²) < 4.78 is 0. The van der Waals surface area contributed by atoms with Crippen LogP contribution in [0.3, 0.4) is 0 Å². The summed E-state index contributed by atoms with van der Waals surface area (Å²) in [5, 5.41) is 6.12. The molecule has 0 saturated carbocycles. The third-order valence-electron chi connectivity index (χ3n) is 2.76. The average molecular weight is 248 g/mol. The molecule has 0 aromatic heterocycles. The van der Waals surface area contributed by atoms with Gasteiger partial charge in [0.25, 0.3) is 0 Å². The smallest absolute Gasteiger partial charge is 0.234 e. The molecule has 0 aliphatic heterocycles. The van der Waals surface area contributed by atoms with Gasteiger partial charge < -0.3 is 10.6 Å². The number of amides is 1. The lowest BCUT2D eigenvalue weighted by Crippen LogP contribution is -2.38. The van der Waals surface area contributed by atoms with Crippen LogP contribution in [0.15, 0.2) is 18.2 Å². The van der Waals surface area contributed by atoms with Gasteiger partial charge in [0.2, 0.25) is 5.91 Å². The molecule has 0 spiro atoms. The van der Waals surface area contributed by atoms with Crippen LogP contribution in [0.4, 0.5) is 0 Å². The highest BCUT2D eigenvalue weighted by atomic mass is 16.1. The molecule has 0 heterocycles. The Balaban J connectivity index is 2.54. The van der Waals surface area contributed by atoms with Crippen molar-refractivity contribution in [2.24, 2.45) is 0 Å². The summed E-state index contributed by atoms with van der Waals surface area (Å²) in [6.07, 6.45) is 0. The van der Waals surface area contributed by atoms with Crippen LogP contribution in [0.5, 0.6) is 0 Å². The molecule has 0 aliphatic carbocycles. The van der Waals surface area contributed by atoms with Gasteiger partial charge in [0.1, 0.15) is 0 Å². The average Bonchev–Trinajstić information content (AvgIpc) is 2.23. The molecule has 3 heteroatoms. The first kappa shape index (κ1) is 14.7. The first-order valence-electron chi connectivity index (χ1n) is 6.49. The largest absolute Gasteiger partial charge is 0.353 e. The van der Waals surface area contributed by atoms with Gasteiger partial charge in [0.15, 0.2) is 0 Å². The van der Waals surface area contributed by atoms with Crippen molar-refractivity contribution in [2.75, 3.05) is 6.54 Å². The Morgan fingerprint density at radius 1 is 1.11 bits per heavy atom. The number of benzene rings is 1. The van der Waals surface area contributed by atoms with E-state index in [0.717, 1.165) is 0 Å². The highest BCUT2D eigenvalue weighted by Gasteiger charge is 2.09. The topological polar surface area (TPSA) is 41.1 Å². The molecule has 100 valence electrons. The molecule has 1 aromatic rings. The van der Waals surface area contributed by atoms with Crippen molar-refractivity contribution in [3.63, 3.8) is 0 Å². The van der Waals surface area contributed by atoms with Gasteiger partial charge in [-0.25, -0.2) is 0 Å². The lowest BCUT2D eigenvalue weighted by molar-refractivity contribution is -0.120. The van der Waals surface area contributed by atoms with Crippen LogP contribution in [-0.2, 0) is 4.79 Å². The van der Waals surface area contributed by atoms with E-state index in [1.807, 2.05) is 13.8 Å². The maximum atomic E-state index is 11.5. The zero-order valence-electron chi connectivity index (χ0n) is 12.0. The van der Waals surface area contributed by atoms with Gasteiger partial charge in [-0.1, -0.05) is 29.3 Å². The molecule has 3 nitrogen and oxygen atoms in total. The van der Waals surface area contributed by atoms with Crippen LogP contribution >= 0.6 is 0 Å². The SMILES string of the molecule is Cc1cc(C)cc(C(C)NCC(=O)NC(C)C)c1. The number of hydrogen-bond donors (Lipinski definition) is 2. The Labute approximate surface area is 110 Å². The van der Waals surface area contributed by atoms with Gasteiger partial charge in [-0.15, -0.1) is 0 Å². The predicted molar refractivity (Wildman–Crippen MR) is 75.6 cm³/mol. The Morgan fingerprint density at radius 2 is 1.67 bits per heavy atom. The molecule has 0 saturated heterocycles. The molecular formula is C15H24N2O.